The van der Waals surface area contributed by atoms with E-state index >= 15 is 0 Å². The lowest BCUT2D eigenvalue weighted by Gasteiger charge is -2.34. The zero-order valence-electron chi connectivity index (χ0n) is 26.8. The van der Waals surface area contributed by atoms with Crippen LogP contribution in [0.1, 0.15) is 11.1 Å². The Balaban J connectivity index is 0.00000240. The molecule has 0 amide bonds. The minimum absolute atomic E-state index is 0. The third kappa shape index (κ3) is 6.24. The van der Waals surface area contributed by atoms with Crippen molar-refractivity contribution in [3.63, 3.8) is 0 Å². The normalized spacial score (nSPS) is 14.4. The summed E-state index contributed by atoms with van der Waals surface area (Å²) in [5, 5.41) is 12.6. The first-order valence-corrected chi connectivity index (χ1v) is 17.9. The van der Waals surface area contributed by atoms with E-state index in [2.05, 4.69) is 103 Å². The molecule has 0 fully saturated rings. The number of quaternary nitrogens is 1. The molecule has 2 aliphatic heterocycles. The number of nitrogens with zero attached hydrogens (tertiary/aromatic N) is 1. The summed E-state index contributed by atoms with van der Waals surface area (Å²) in [7, 11) is 3.95. The summed E-state index contributed by atoms with van der Waals surface area (Å²) in [6.45, 7) is 1.50. The van der Waals surface area contributed by atoms with Crippen LogP contribution in [0, 0.1) is 0 Å². The molecule has 46 heavy (non-hydrogen) atoms. The molecule has 2 heterocycles. The molecule has 244 valence electrons. The van der Waals surface area contributed by atoms with Crippen molar-refractivity contribution < 1.29 is 43.4 Å². The molecule has 0 spiro atoms. The zero-order valence-corrected chi connectivity index (χ0v) is 30.4. The van der Waals surface area contributed by atoms with E-state index in [0.717, 1.165) is 23.5 Å². The van der Waals surface area contributed by atoms with Crippen LogP contribution < -0.4 is 49.0 Å². The van der Waals surface area contributed by atoms with Crippen LogP contribution in [-0.4, -0.2) is 64.8 Å². The molecular weight excluding hydrogens is 659 g/mol. The summed E-state index contributed by atoms with van der Waals surface area (Å²) < 4.78 is 34.9. The first kappa shape index (κ1) is 36.0. The van der Waals surface area contributed by atoms with Gasteiger partial charge < -0.3 is 44.3 Å². The molecule has 0 bridgehead atoms. The lowest BCUT2D eigenvalue weighted by atomic mass is 9.98. The van der Waals surface area contributed by atoms with Crippen LogP contribution in [0.5, 0.6) is 0 Å². The predicted molar refractivity (Wildman–Crippen MR) is 184 cm³/mol. The Morgan fingerprint density at radius 2 is 0.826 bits per heavy atom. The van der Waals surface area contributed by atoms with E-state index < -0.39 is 17.6 Å². The molecule has 1 N–H and O–H groups in total. The highest BCUT2D eigenvalue weighted by atomic mass is 35.5. The van der Waals surface area contributed by atoms with Gasteiger partial charge in [-0.25, -0.2) is 0 Å². The molecule has 0 unspecified atom stereocenters. The van der Waals surface area contributed by atoms with Gasteiger partial charge in [-0.05, 0) is 22.6 Å². The second kappa shape index (κ2) is 14.5. The van der Waals surface area contributed by atoms with Crippen LogP contribution in [0.2, 0.25) is 0 Å². The van der Waals surface area contributed by atoms with Gasteiger partial charge in [-0.15, -0.1) is 12.4 Å². The van der Waals surface area contributed by atoms with Crippen LogP contribution in [0.4, 0.5) is 0 Å². The Labute approximate surface area is 284 Å². The lowest BCUT2D eigenvalue weighted by Crippen LogP contribution is -3.00. The molecule has 2 aliphatic rings. The molecule has 0 radical (unpaired) electrons. The summed E-state index contributed by atoms with van der Waals surface area (Å²) in [5.41, 5.74) is 2.38. The van der Waals surface area contributed by atoms with Crippen molar-refractivity contribution in [2.75, 3.05) is 42.7 Å². The third-order valence-electron chi connectivity index (χ3n) is 8.74. The molecule has 0 aliphatic carbocycles. The number of hydrogen-bond donors (Lipinski definition) is 1. The fourth-order valence-electron chi connectivity index (χ4n) is 6.63. The van der Waals surface area contributed by atoms with Crippen molar-refractivity contribution in [2.45, 2.75) is 13.1 Å². The molecule has 0 aromatic heterocycles. The highest BCUT2D eigenvalue weighted by molar-refractivity contribution is 6.75. The predicted octanol–water partition coefficient (Wildman–Crippen LogP) is -1.78. The lowest BCUT2D eigenvalue weighted by molar-refractivity contribution is -0.800. The molecule has 6 rings (SSSR count). The number of rotatable bonds is 12. The van der Waals surface area contributed by atoms with Crippen molar-refractivity contribution in [3.05, 3.63) is 105 Å². The SMILES string of the molecule is CO[Si](OC)(OC)c1ccc(C[N+]2(Cc3ccc([Si](OC)(OC)OC)cc3)C=c3ccc4c5c(ccc(c35)=C2)=CNC=4)cc1.Cl.[Cl-]. The summed E-state index contributed by atoms with van der Waals surface area (Å²) in [4.78, 5) is 0. The van der Waals surface area contributed by atoms with Crippen LogP contribution in [0.15, 0.2) is 72.8 Å². The first-order valence-electron chi connectivity index (χ1n) is 14.5. The Kier molecular flexibility index (Phi) is 11.4. The van der Waals surface area contributed by atoms with Crippen LogP contribution in [0.25, 0.3) is 35.6 Å². The summed E-state index contributed by atoms with van der Waals surface area (Å²) >= 11 is 0. The van der Waals surface area contributed by atoms with E-state index in [4.69, 9.17) is 26.6 Å². The molecule has 8 nitrogen and oxygen atoms in total. The monoisotopic (exact) mass is 698 g/mol. The first-order chi connectivity index (χ1) is 21.4. The van der Waals surface area contributed by atoms with Gasteiger partial charge in [0.2, 0.25) is 0 Å². The van der Waals surface area contributed by atoms with Gasteiger partial charge in [-0.2, -0.15) is 0 Å². The Morgan fingerprint density at radius 1 is 0.500 bits per heavy atom. The smallest absolute Gasteiger partial charge is 0.536 e. The highest BCUT2D eigenvalue weighted by Crippen LogP contribution is 2.25. The standard InChI is InChI=1S/C34H39N2O6Si2.2ClH/c1-37-43(38-2,39-3)31-15-7-25(8-16-31)21-36(22-26-9-17-32(18-10-26)44(40-4,41-5)42-6)23-29-13-11-27-19-35-20-28-12-14-30(24-36)34(29)33(27)28;;/h7-20,23-24,35H,21-22H2,1-6H3;2*1H/q+1;;/p-1. The Morgan fingerprint density at radius 3 is 1.17 bits per heavy atom. The third-order valence-corrected chi connectivity index (χ3v) is 14.0. The molecule has 12 heteroatoms. The summed E-state index contributed by atoms with van der Waals surface area (Å²) in [6, 6.07) is 25.8. The fraction of sp³-hybridized carbons (Fsp3) is 0.235. The van der Waals surface area contributed by atoms with Gasteiger partial charge in [0.25, 0.3) is 0 Å². The molecule has 0 saturated carbocycles. The van der Waals surface area contributed by atoms with Crippen molar-refractivity contribution in [1.82, 2.24) is 5.32 Å². The summed E-state index contributed by atoms with van der Waals surface area (Å²) in [5.74, 6) is 0. The van der Waals surface area contributed by atoms with Gasteiger partial charge in [0.05, 0.1) is 0 Å². The van der Waals surface area contributed by atoms with Gasteiger partial charge in [0.1, 0.15) is 25.5 Å². The van der Waals surface area contributed by atoms with E-state index in [1.165, 1.54) is 42.8 Å². The molecule has 4 aromatic carbocycles. The van der Waals surface area contributed by atoms with Gasteiger partial charge in [-0.3, -0.25) is 4.48 Å². The van der Waals surface area contributed by atoms with Gasteiger partial charge in [-0.1, -0.05) is 60.7 Å². The second-order valence-corrected chi connectivity index (χ2v) is 16.9. The zero-order chi connectivity index (χ0) is 31.0. The minimum Gasteiger partial charge on any atom is -1.00 e. The fourth-order valence-corrected chi connectivity index (χ4v) is 10.2. The maximum Gasteiger partial charge on any atom is 0.536 e. The van der Waals surface area contributed by atoms with Crippen molar-refractivity contribution in [2.24, 2.45) is 0 Å². The van der Waals surface area contributed by atoms with Gasteiger partial charge in [0.15, 0.2) is 0 Å². The van der Waals surface area contributed by atoms with E-state index in [1.807, 2.05) is 0 Å². The largest absolute Gasteiger partial charge is 1.00 e. The van der Waals surface area contributed by atoms with Crippen molar-refractivity contribution in [1.29, 1.82) is 0 Å². The Hall–Kier alpha value is -2.85. The average molecular weight is 700 g/mol. The molecular formula is C34H40Cl2N2O6Si2. The van der Waals surface area contributed by atoms with E-state index in [9.17, 15) is 0 Å². The van der Waals surface area contributed by atoms with E-state index in [1.54, 1.807) is 42.7 Å². The molecule has 4 aromatic rings. The van der Waals surface area contributed by atoms with E-state index in [0.29, 0.717) is 4.48 Å². The number of benzene rings is 4. The second-order valence-electron chi connectivity index (χ2n) is 11.1. The molecule has 0 atom stereocenters. The van der Waals surface area contributed by atoms with Crippen LogP contribution in [-0.2, 0) is 39.6 Å². The van der Waals surface area contributed by atoms with E-state index in [-0.39, 0.29) is 24.8 Å². The quantitative estimate of drug-likeness (QED) is 0.139. The maximum atomic E-state index is 5.72. The van der Waals surface area contributed by atoms with Gasteiger partial charge in [0, 0.05) is 97.8 Å². The average Bonchev–Trinajstić information content (AvgIpc) is 3.07. The van der Waals surface area contributed by atoms with Crippen molar-refractivity contribution in [3.8, 4) is 0 Å². The van der Waals surface area contributed by atoms with Crippen LogP contribution >= 0.6 is 12.4 Å². The number of hydrogen-bond acceptors (Lipinski definition) is 7. The van der Waals surface area contributed by atoms with Gasteiger partial charge >= 0.3 is 17.6 Å². The van der Waals surface area contributed by atoms with Crippen LogP contribution in [0.3, 0.4) is 0 Å². The van der Waals surface area contributed by atoms with Crippen molar-refractivity contribution >= 4 is 76.0 Å². The topological polar surface area (TPSA) is 67.4 Å². The number of nitrogens with one attached hydrogen (secondary N) is 1. The summed E-state index contributed by atoms with van der Waals surface area (Å²) in [6.07, 6.45) is 8.94. The minimum atomic E-state index is -2.93. The highest BCUT2D eigenvalue weighted by Gasteiger charge is 2.42. The number of halogens is 2. The maximum absolute atomic E-state index is 5.72. The molecule has 0 saturated heterocycles. The Bertz CT molecular complexity index is 1780.